The van der Waals surface area contributed by atoms with Crippen LogP contribution in [0.25, 0.3) is 0 Å². The van der Waals surface area contributed by atoms with E-state index in [0.717, 1.165) is 19.3 Å². The number of nitrogens with two attached hydrogens (primary N) is 1. The molecule has 46 heavy (non-hydrogen) atoms. The summed E-state index contributed by atoms with van der Waals surface area (Å²) in [6, 6.07) is -4.74. The van der Waals surface area contributed by atoms with Gasteiger partial charge in [0.2, 0.25) is 23.5 Å². The Labute approximate surface area is 274 Å². The molecule has 12 heteroatoms. The lowest BCUT2D eigenvalue weighted by atomic mass is 9.80. The number of likely N-dealkylation sites (tertiary alicyclic amines) is 1. The van der Waals surface area contributed by atoms with Gasteiger partial charge in [0.15, 0.2) is 0 Å². The predicted octanol–water partition coefficient (Wildman–Crippen LogP) is 2.80. The van der Waals surface area contributed by atoms with Gasteiger partial charge in [-0.2, -0.15) is 0 Å². The van der Waals surface area contributed by atoms with Gasteiger partial charge < -0.3 is 31.9 Å². The van der Waals surface area contributed by atoms with E-state index in [9.17, 15) is 28.8 Å². The largest absolute Gasteiger partial charge is 0.363 e. The predicted molar refractivity (Wildman–Crippen MR) is 177 cm³/mol. The number of urea groups is 1. The number of rotatable bonds is 14. The van der Waals surface area contributed by atoms with E-state index in [-0.39, 0.29) is 41.7 Å². The lowest BCUT2D eigenvalue weighted by Crippen LogP contribution is -2.62. The van der Waals surface area contributed by atoms with Gasteiger partial charge in [-0.25, -0.2) is 4.79 Å². The maximum Gasteiger partial charge on any atom is 0.316 e. The number of carbonyl (C=O) groups is 6. The van der Waals surface area contributed by atoms with Crippen LogP contribution in [0.1, 0.15) is 101 Å². The molecule has 1 saturated carbocycles. The smallest absolute Gasteiger partial charge is 0.316 e. The standard InChI is InChI=1S/C34H58N6O6/c1-11-20(4)22-15-16-40(25(22)30(44)37-23(26(41)28(35)42)17-21-13-12-14-21)31(45)27(34(8,9)10)39-32(46)38-24(18-33(5,6)7)29(43)36-19(2)3/h11,19-25,27H,1,12-18H2,2-10H3,(H2,35,42)(H,36,43)(H,37,44)(H2,38,39,46)/t20?,22-,23?,24+,25+,27-/m1/s1. The fraction of sp³-hybridized carbons (Fsp3) is 0.765. The number of hydrogen-bond acceptors (Lipinski definition) is 6. The Morgan fingerprint density at radius 2 is 1.50 bits per heavy atom. The minimum Gasteiger partial charge on any atom is -0.363 e. The first-order chi connectivity index (χ1) is 21.2. The summed E-state index contributed by atoms with van der Waals surface area (Å²) >= 11 is 0. The highest BCUT2D eigenvalue weighted by molar-refractivity contribution is 6.37. The number of amides is 6. The number of Topliss-reactive ketones (excluding diaryl/α,β-unsaturated/α-hetero) is 1. The number of ketones is 1. The highest BCUT2D eigenvalue weighted by atomic mass is 16.2. The van der Waals surface area contributed by atoms with E-state index in [1.165, 1.54) is 4.90 Å². The van der Waals surface area contributed by atoms with Crippen LogP contribution in [0.2, 0.25) is 0 Å². The lowest BCUT2D eigenvalue weighted by molar-refractivity contribution is -0.144. The Balaban J connectivity index is 2.36. The first-order valence-corrected chi connectivity index (χ1v) is 16.6. The molecule has 0 aromatic heterocycles. The molecule has 2 fully saturated rings. The summed E-state index contributed by atoms with van der Waals surface area (Å²) < 4.78 is 0. The molecule has 0 radical (unpaired) electrons. The second-order valence-electron chi connectivity index (χ2n) is 15.7. The van der Waals surface area contributed by atoms with Crippen molar-refractivity contribution in [3.63, 3.8) is 0 Å². The molecule has 0 spiro atoms. The molecule has 6 atom stereocenters. The number of allylic oxidation sites excluding steroid dienone is 1. The van der Waals surface area contributed by atoms with E-state index in [1.807, 2.05) is 62.3 Å². The topological polar surface area (TPSA) is 180 Å². The van der Waals surface area contributed by atoms with Gasteiger partial charge in [0, 0.05) is 12.6 Å². The molecule has 0 aromatic rings. The maximum absolute atomic E-state index is 14.3. The zero-order valence-electron chi connectivity index (χ0n) is 29.3. The maximum atomic E-state index is 14.3. The highest BCUT2D eigenvalue weighted by Gasteiger charge is 2.48. The second kappa shape index (κ2) is 15.9. The molecule has 1 aliphatic carbocycles. The number of nitrogens with zero attached hydrogens (tertiary/aromatic N) is 1. The van der Waals surface area contributed by atoms with Gasteiger partial charge in [0.25, 0.3) is 5.91 Å². The summed E-state index contributed by atoms with van der Waals surface area (Å²) in [5.74, 6) is -3.55. The van der Waals surface area contributed by atoms with Crippen molar-refractivity contribution in [2.45, 2.75) is 131 Å². The first-order valence-electron chi connectivity index (χ1n) is 16.6. The first kappa shape index (κ1) is 38.7. The van der Waals surface area contributed by atoms with Gasteiger partial charge in [-0.3, -0.25) is 24.0 Å². The third-order valence-electron chi connectivity index (χ3n) is 8.97. The van der Waals surface area contributed by atoms with Crippen molar-refractivity contribution < 1.29 is 28.8 Å². The van der Waals surface area contributed by atoms with Crippen LogP contribution in [0.5, 0.6) is 0 Å². The van der Waals surface area contributed by atoms with Crippen molar-refractivity contribution >= 4 is 35.4 Å². The molecule has 1 aliphatic heterocycles. The quantitative estimate of drug-likeness (QED) is 0.143. The molecule has 2 aliphatic rings. The third kappa shape index (κ3) is 10.8. The van der Waals surface area contributed by atoms with E-state index in [4.69, 9.17) is 5.73 Å². The molecule has 0 bridgehead atoms. The summed E-state index contributed by atoms with van der Waals surface area (Å²) in [5.41, 5.74) is 4.28. The van der Waals surface area contributed by atoms with Gasteiger partial charge in [0.05, 0.1) is 6.04 Å². The van der Waals surface area contributed by atoms with Crippen LogP contribution in [0.15, 0.2) is 12.7 Å². The molecular formula is C34H58N6O6. The molecule has 1 heterocycles. The van der Waals surface area contributed by atoms with Crippen LogP contribution in [-0.4, -0.2) is 77.1 Å². The van der Waals surface area contributed by atoms with Crippen molar-refractivity contribution in [1.29, 1.82) is 0 Å². The van der Waals surface area contributed by atoms with E-state index < -0.39 is 59.1 Å². The number of primary amides is 1. The average molecular weight is 647 g/mol. The van der Waals surface area contributed by atoms with E-state index in [2.05, 4.69) is 27.8 Å². The minimum atomic E-state index is -1.12. The van der Waals surface area contributed by atoms with Crippen LogP contribution in [0.4, 0.5) is 4.79 Å². The molecule has 12 nitrogen and oxygen atoms in total. The van der Waals surface area contributed by atoms with Crippen LogP contribution in [0.3, 0.4) is 0 Å². The number of nitrogens with one attached hydrogen (secondary N) is 4. The minimum absolute atomic E-state index is 0.125. The molecule has 2 rings (SSSR count). The molecule has 6 N–H and O–H groups in total. The van der Waals surface area contributed by atoms with Crippen LogP contribution in [0, 0.1) is 28.6 Å². The zero-order valence-corrected chi connectivity index (χ0v) is 29.3. The van der Waals surface area contributed by atoms with Crippen molar-refractivity contribution in [3.8, 4) is 0 Å². The van der Waals surface area contributed by atoms with Gasteiger partial charge in [-0.05, 0) is 61.7 Å². The summed E-state index contributed by atoms with van der Waals surface area (Å²) in [7, 11) is 0. The highest BCUT2D eigenvalue weighted by Crippen LogP contribution is 2.35. The molecule has 2 unspecified atom stereocenters. The van der Waals surface area contributed by atoms with Gasteiger partial charge >= 0.3 is 6.03 Å². The van der Waals surface area contributed by atoms with E-state index >= 15 is 0 Å². The summed E-state index contributed by atoms with van der Waals surface area (Å²) in [6.07, 6.45) is 5.73. The number of hydrogen-bond donors (Lipinski definition) is 5. The van der Waals surface area contributed by atoms with E-state index in [0.29, 0.717) is 19.3 Å². The monoisotopic (exact) mass is 646 g/mol. The fourth-order valence-corrected chi connectivity index (χ4v) is 6.20. The Morgan fingerprint density at radius 3 is 1.96 bits per heavy atom. The molecule has 260 valence electrons. The SMILES string of the molecule is C=CC(C)[C@H]1CCN(C(=O)[C@@H](NC(=O)N[C@@H](CC(C)(C)C)C(=O)NC(C)C)C(C)(C)C)[C@@H]1C(=O)NC(CC1CCC1)C(=O)C(N)=O. The molecule has 6 amide bonds. The Kier molecular flexibility index (Phi) is 13.4. The summed E-state index contributed by atoms with van der Waals surface area (Å²) in [4.78, 5) is 80.7. The van der Waals surface area contributed by atoms with Crippen molar-refractivity contribution in [1.82, 2.24) is 26.2 Å². The summed E-state index contributed by atoms with van der Waals surface area (Å²) in [5, 5.41) is 11.2. The van der Waals surface area contributed by atoms with Crippen LogP contribution < -0.4 is 27.0 Å². The van der Waals surface area contributed by atoms with Gasteiger partial charge in [-0.1, -0.05) is 73.8 Å². The Bertz CT molecular complexity index is 1150. The van der Waals surface area contributed by atoms with E-state index in [1.54, 1.807) is 6.08 Å². The normalized spacial score (nSPS) is 21.3. The van der Waals surface area contributed by atoms with Crippen LogP contribution >= 0.6 is 0 Å². The lowest BCUT2D eigenvalue weighted by Gasteiger charge is -2.37. The van der Waals surface area contributed by atoms with Crippen LogP contribution in [-0.2, 0) is 24.0 Å². The molecule has 0 aromatic carbocycles. The second-order valence-corrected chi connectivity index (χ2v) is 15.7. The Morgan fingerprint density at radius 1 is 0.891 bits per heavy atom. The van der Waals surface area contributed by atoms with Gasteiger partial charge in [0.1, 0.15) is 18.1 Å². The Hall–Kier alpha value is -3.44. The van der Waals surface area contributed by atoms with Gasteiger partial charge in [-0.15, -0.1) is 6.58 Å². The average Bonchev–Trinajstić information content (AvgIpc) is 3.35. The van der Waals surface area contributed by atoms with Crippen molar-refractivity contribution in [2.24, 2.45) is 34.3 Å². The fourth-order valence-electron chi connectivity index (χ4n) is 6.20. The van der Waals surface area contributed by atoms with Crippen molar-refractivity contribution in [3.05, 3.63) is 12.7 Å². The molecule has 1 saturated heterocycles. The zero-order chi connectivity index (χ0) is 35.1. The van der Waals surface area contributed by atoms with Crippen molar-refractivity contribution in [2.75, 3.05) is 6.54 Å². The number of carbonyl (C=O) groups excluding carboxylic acids is 6. The molecular weight excluding hydrogens is 588 g/mol. The third-order valence-corrected chi connectivity index (χ3v) is 8.97. The summed E-state index contributed by atoms with van der Waals surface area (Å²) in [6.45, 7) is 21.1.